The Hall–Kier alpha value is -2.99. The smallest absolute Gasteiger partial charge is 0.248 e. The third-order valence-electron chi connectivity index (χ3n) is 4.81. The Kier molecular flexibility index (Phi) is 6.55. The molecule has 0 unspecified atom stereocenters. The van der Waals surface area contributed by atoms with Crippen LogP contribution in [-0.2, 0) is 4.79 Å². The molecule has 1 saturated heterocycles. The number of anilines is 2. The summed E-state index contributed by atoms with van der Waals surface area (Å²) in [6.45, 7) is 3.92. The van der Waals surface area contributed by atoms with Crippen LogP contribution in [0.3, 0.4) is 0 Å². The first kappa shape index (κ1) is 19.8. The zero-order chi connectivity index (χ0) is 19.9. The van der Waals surface area contributed by atoms with Gasteiger partial charge in [0, 0.05) is 38.3 Å². The molecule has 1 fully saturated rings. The van der Waals surface area contributed by atoms with Gasteiger partial charge in [0.2, 0.25) is 5.91 Å². The summed E-state index contributed by atoms with van der Waals surface area (Å²) < 4.78 is 10.5. The van der Waals surface area contributed by atoms with Crippen molar-refractivity contribution in [3.63, 3.8) is 0 Å². The van der Waals surface area contributed by atoms with Crippen molar-refractivity contribution in [3.05, 3.63) is 54.1 Å². The SMILES string of the molecule is COc1cc(/C=C/C(=O)Nc2ccccc2N2CCN(C)CC2)cc(OC)c1. The molecule has 6 heteroatoms. The van der Waals surface area contributed by atoms with Gasteiger partial charge in [-0.25, -0.2) is 0 Å². The second-order valence-electron chi connectivity index (χ2n) is 6.78. The molecule has 0 radical (unpaired) electrons. The van der Waals surface area contributed by atoms with Crippen LogP contribution in [0, 0.1) is 0 Å². The summed E-state index contributed by atoms with van der Waals surface area (Å²) in [6.07, 6.45) is 3.27. The minimum Gasteiger partial charge on any atom is -0.497 e. The number of methoxy groups -OCH3 is 2. The highest BCUT2D eigenvalue weighted by molar-refractivity contribution is 6.03. The summed E-state index contributed by atoms with van der Waals surface area (Å²) in [4.78, 5) is 17.1. The van der Waals surface area contributed by atoms with Crippen LogP contribution in [-0.4, -0.2) is 58.3 Å². The van der Waals surface area contributed by atoms with Crippen LogP contribution in [0.4, 0.5) is 11.4 Å². The van der Waals surface area contributed by atoms with Gasteiger partial charge in [-0.1, -0.05) is 12.1 Å². The number of rotatable bonds is 6. The van der Waals surface area contributed by atoms with Crippen LogP contribution < -0.4 is 19.7 Å². The van der Waals surface area contributed by atoms with Crippen molar-refractivity contribution < 1.29 is 14.3 Å². The predicted octanol–water partition coefficient (Wildman–Crippen LogP) is 3.11. The fraction of sp³-hybridized carbons (Fsp3) is 0.318. The standard InChI is InChI=1S/C22H27N3O3/c1-24-10-12-25(13-11-24)21-7-5-4-6-20(21)23-22(26)9-8-17-14-18(27-2)16-19(15-17)28-3/h4-9,14-16H,10-13H2,1-3H3,(H,23,26)/b9-8+. The van der Waals surface area contributed by atoms with Gasteiger partial charge in [-0.05, 0) is 43.0 Å². The maximum Gasteiger partial charge on any atom is 0.248 e. The molecule has 0 bridgehead atoms. The van der Waals surface area contributed by atoms with Crippen molar-refractivity contribution in [3.8, 4) is 11.5 Å². The zero-order valence-corrected chi connectivity index (χ0v) is 16.6. The molecule has 0 spiro atoms. The summed E-state index contributed by atoms with van der Waals surface area (Å²) in [6, 6.07) is 13.4. The lowest BCUT2D eigenvalue weighted by molar-refractivity contribution is -0.111. The predicted molar refractivity (Wildman–Crippen MR) is 113 cm³/mol. The zero-order valence-electron chi connectivity index (χ0n) is 16.6. The Labute approximate surface area is 166 Å². The van der Waals surface area contributed by atoms with E-state index in [4.69, 9.17) is 9.47 Å². The van der Waals surface area contributed by atoms with Crippen molar-refractivity contribution >= 4 is 23.4 Å². The third kappa shape index (κ3) is 5.04. The molecule has 148 valence electrons. The van der Waals surface area contributed by atoms with E-state index in [2.05, 4.69) is 28.2 Å². The molecule has 0 aliphatic carbocycles. The number of hydrogen-bond acceptors (Lipinski definition) is 5. The number of carbonyl (C=O) groups excluding carboxylic acids is 1. The number of hydrogen-bond donors (Lipinski definition) is 1. The van der Waals surface area contributed by atoms with E-state index in [-0.39, 0.29) is 5.91 Å². The number of amides is 1. The minimum atomic E-state index is -0.177. The molecule has 0 atom stereocenters. The lowest BCUT2D eigenvalue weighted by Crippen LogP contribution is -2.44. The van der Waals surface area contributed by atoms with Crippen LogP contribution in [0.2, 0.25) is 0 Å². The fourth-order valence-electron chi connectivity index (χ4n) is 3.17. The first-order chi connectivity index (χ1) is 13.6. The second-order valence-corrected chi connectivity index (χ2v) is 6.78. The average molecular weight is 381 g/mol. The number of carbonyl (C=O) groups is 1. The highest BCUT2D eigenvalue weighted by Gasteiger charge is 2.17. The van der Waals surface area contributed by atoms with Crippen molar-refractivity contribution in [2.45, 2.75) is 0 Å². The lowest BCUT2D eigenvalue weighted by atomic mass is 10.1. The number of piperazine rings is 1. The summed E-state index contributed by atoms with van der Waals surface area (Å²) in [5, 5.41) is 3.00. The van der Waals surface area contributed by atoms with Gasteiger partial charge >= 0.3 is 0 Å². The Morgan fingerprint density at radius 3 is 2.29 bits per heavy atom. The number of benzene rings is 2. The van der Waals surface area contributed by atoms with Gasteiger partial charge in [-0.3, -0.25) is 4.79 Å². The van der Waals surface area contributed by atoms with Crippen LogP contribution >= 0.6 is 0 Å². The highest BCUT2D eigenvalue weighted by Crippen LogP contribution is 2.27. The van der Waals surface area contributed by atoms with E-state index in [9.17, 15) is 4.79 Å². The van der Waals surface area contributed by atoms with Gasteiger partial charge in [-0.2, -0.15) is 0 Å². The van der Waals surface area contributed by atoms with Crippen molar-refractivity contribution in [2.24, 2.45) is 0 Å². The number of likely N-dealkylation sites (N-methyl/N-ethyl adjacent to an activating group) is 1. The molecule has 0 saturated carbocycles. The Bertz CT molecular complexity index is 820. The molecule has 2 aromatic rings. The van der Waals surface area contributed by atoms with Crippen LogP contribution in [0.5, 0.6) is 11.5 Å². The van der Waals surface area contributed by atoms with Gasteiger partial charge in [0.15, 0.2) is 0 Å². The molecule has 3 rings (SSSR count). The first-order valence-corrected chi connectivity index (χ1v) is 9.33. The summed E-state index contributed by atoms with van der Waals surface area (Å²) in [5.41, 5.74) is 2.71. The number of ether oxygens (including phenoxy) is 2. The molecular formula is C22H27N3O3. The highest BCUT2D eigenvalue weighted by atomic mass is 16.5. The van der Waals surface area contributed by atoms with E-state index in [0.717, 1.165) is 43.1 Å². The molecule has 2 aromatic carbocycles. The number of para-hydroxylation sites is 2. The van der Waals surface area contributed by atoms with Crippen molar-refractivity contribution in [2.75, 3.05) is 57.7 Å². The van der Waals surface area contributed by atoms with Gasteiger partial charge in [-0.15, -0.1) is 0 Å². The lowest BCUT2D eigenvalue weighted by Gasteiger charge is -2.35. The normalized spacial score (nSPS) is 14.9. The van der Waals surface area contributed by atoms with Gasteiger partial charge < -0.3 is 24.6 Å². The minimum absolute atomic E-state index is 0.177. The van der Waals surface area contributed by atoms with E-state index in [1.165, 1.54) is 6.08 Å². The maximum atomic E-state index is 12.5. The van der Waals surface area contributed by atoms with Gasteiger partial charge in [0.05, 0.1) is 25.6 Å². The van der Waals surface area contributed by atoms with Crippen molar-refractivity contribution in [1.82, 2.24) is 4.90 Å². The topological polar surface area (TPSA) is 54.0 Å². The first-order valence-electron chi connectivity index (χ1n) is 9.33. The monoisotopic (exact) mass is 381 g/mol. The number of nitrogens with zero attached hydrogens (tertiary/aromatic N) is 2. The molecule has 28 heavy (non-hydrogen) atoms. The second kappa shape index (κ2) is 9.28. The van der Waals surface area contributed by atoms with E-state index in [0.29, 0.717) is 11.5 Å². The molecular weight excluding hydrogens is 354 g/mol. The molecule has 1 heterocycles. The largest absolute Gasteiger partial charge is 0.497 e. The van der Waals surface area contributed by atoms with E-state index < -0.39 is 0 Å². The Balaban J connectivity index is 1.71. The van der Waals surface area contributed by atoms with Gasteiger partial charge in [0.1, 0.15) is 11.5 Å². The third-order valence-corrected chi connectivity index (χ3v) is 4.81. The molecule has 1 amide bonds. The molecule has 6 nitrogen and oxygen atoms in total. The summed E-state index contributed by atoms with van der Waals surface area (Å²) in [7, 11) is 5.33. The van der Waals surface area contributed by atoms with E-state index in [1.54, 1.807) is 26.4 Å². The average Bonchev–Trinajstić information content (AvgIpc) is 2.73. The molecule has 1 aliphatic rings. The Morgan fingerprint density at radius 2 is 1.64 bits per heavy atom. The summed E-state index contributed by atoms with van der Waals surface area (Å²) in [5.74, 6) is 1.18. The van der Waals surface area contributed by atoms with Gasteiger partial charge in [0.25, 0.3) is 0 Å². The number of nitrogens with one attached hydrogen (secondary N) is 1. The quantitative estimate of drug-likeness (QED) is 0.780. The summed E-state index contributed by atoms with van der Waals surface area (Å²) >= 11 is 0. The fourth-order valence-corrected chi connectivity index (χ4v) is 3.17. The van der Waals surface area contributed by atoms with Crippen LogP contribution in [0.15, 0.2) is 48.5 Å². The van der Waals surface area contributed by atoms with E-state index in [1.807, 2.05) is 30.3 Å². The molecule has 1 N–H and O–H groups in total. The van der Waals surface area contributed by atoms with Crippen molar-refractivity contribution in [1.29, 1.82) is 0 Å². The Morgan fingerprint density at radius 1 is 1.00 bits per heavy atom. The molecule has 0 aromatic heterocycles. The van der Waals surface area contributed by atoms with Crippen LogP contribution in [0.25, 0.3) is 6.08 Å². The van der Waals surface area contributed by atoms with Crippen LogP contribution in [0.1, 0.15) is 5.56 Å². The van der Waals surface area contributed by atoms with E-state index >= 15 is 0 Å². The maximum absolute atomic E-state index is 12.5. The molecule has 1 aliphatic heterocycles.